The molecule has 5 rings (SSSR count). The molecule has 160 valence electrons. The minimum atomic E-state index is -0.954. The highest BCUT2D eigenvalue weighted by atomic mass is 32.1. The third-order valence-corrected chi connectivity index (χ3v) is 6.71. The van der Waals surface area contributed by atoms with E-state index in [2.05, 4.69) is 20.9 Å². The van der Waals surface area contributed by atoms with Gasteiger partial charge in [-0.2, -0.15) is 0 Å². The number of anilines is 1. The molecule has 3 aliphatic heterocycles. The lowest BCUT2D eigenvalue weighted by Crippen LogP contribution is -2.54. The summed E-state index contributed by atoms with van der Waals surface area (Å²) in [6.45, 7) is 1.47. The maximum absolute atomic E-state index is 12.9. The Bertz CT molecular complexity index is 1090. The number of imide groups is 2. The van der Waals surface area contributed by atoms with Gasteiger partial charge >= 0.3 is 0 Å². The van der Waals surface area contributed by atoms with Gasteiger partial charge in [-0.05, 0) is 43.5 Å². The largest absolute Gasteiger partial charge is 0.357 e. The molecule has 1 unspecified atom stereocenters. The van der Waals surface area contributed by atoms with E-state index in [1.165, 1.54) is 11.3 Å². The molecule has 0 bridgehead atoms. The second kappa shape index (κ2) is 7.86. The fourth-order valence-corrected chi connectivity index (χ4v) is 5.03. The van der Waals surface area contributed by atoms with Gasteiger partial charge in [0.25, 0.3) is 11.8 Å². The molecule has 0 aliphatic carbocycles. The summed E-state index contributed by atoms with van der Waals surface area (Å²) in [5, 5.41) is 11.8. The number of amides is 4. The van der Waals surface area contributed by atoms with Crippen LogP contribution in [0.1, 0.15) is 63.7 Å². The molecule has 0 saturated carbocycles. The van der Waals surface area contributed by atoms with Gasteiger partial charge < -0.3 is 10.6 Å². The van der Waals surface area contributed by atoms with Gasteiger partial charge in [0.2, 0.25) is 11.8 Å². The number of thiazole rings is 1. The molecule has 0 spiro atoms. The minimum Gasteiger partial charge on any atom is -0.357 e. The molecular formula is C21H21N5O4S. The van der Waals surface area contributed by atoms with Crippen LogP contribution in [0.5, 0.6) is 0 Å². The predicted molar refractivity (Wildman–Crippen MR) is 113 cm³/mol. The van der Waals surface area contributed by atoms with Crippen LogP contribution in [-0.4, -0.2) is 46.1 Å². The van der Waals surface area contributed by atoms with Crippen LogP contribution in [0.15, 0.2) is 23.6 Å². The Hall–Kier alpha value is -3.11. The van der Waals surface area contributed by atoms with Gasteiger partial charge in [-0.25, -0.2) is 4.98 Å². The summed E-state index contributed by atoms with van der Waals surface area (Å²) in [6.07, 6.45) is 2.49. The molecule has 1 aromatic carbocycles. The quantitative estimate of drug-likeness (QED) is 0.605. The lowest BCUT2D eigenvalue weighted by atomic mass is 10.0. The molecule has 4 amide bonds. The first-order valence-corrected chi connectivity index (χ1v) is 11.2. The zero-order valence-electron chi connectivity index (χ0n) is 16.6. The Morgan fingerprint density at radius 2 is 1.97 bits per heavy atom. The fraction of sp³-hybridized carbons (Fsp3) is 0.381. The highest BCUT2D eigenvalue weighted by molar-refractivity contribution is 7.13. The van der Waals surface area contributed by atoms with Gasteiger partial charge in [0, 0.05) is 18.3 Å². The Morgan fingerprint density at radius 3 is 2.74 bits per heavy atom. The van der Waals surface area contributed by atoms with Crippen molar-refractivity contribution in [3.63, 3.8) is 0 Å². The molecule has 2 atom stereocenters. The number of rotatable bonds is 5. The fourth-order valence-electron chi connectivity index (χ4n) is 4.27. The average Bonchev–Trinajstić information content (AvgIpc) is 3.49. The van der Waals surface area contributed by atoms with E-state index in [-0.39, 0.29) is 29.9 Å². The van der Waals surface area contributed by atoms with Crippen LogP contribution in [0.3, 0.4) is 0 Å². The summed E-state index contributed by atoms with van der Waals surface area (Å²) in [4.78, 5) is 54.8. The Balaban J connectivity index is 1.29. The first-order chi connectivity index (χ1) is 15.0. The molecular weight excluding hydrogens is 418 g/mol. The van der Waals surface area contributed by atoms with Gasteiger partial charge in [0.05, 0.1) is 22.9 Å². The van der Waals surface area contributed by atoms with Crippen LogP contribution >= 0.6 is 11.3 Å². The van der Waals surface area contributed by atoms with Gasteiger partial charge in [0.1, 0.15) is 6.04 Å². The summed E-state index contributed by atoms with van der Waals surface area (Å²) in [5.41, 5.74) is 2.44. The molecule has 0 radical (unpaired) electrons. The first kappa shape index (κ1) is 19.8. The predicted octanol–water partition coefficient (Wildman–Crippen LogP) is 1.58. The van der Waals surface area contributed by atoms with Crippen molar-refractivity contribution in [2.24, 2.45) is 0 Å². The van der Waals surface area contributed by atoms with Crippen LogP contribution in [0.2, 0.25) is 0 Å². The van der Waals surface area contributed by atoms with Crippen molar-refractivity contribution in [3.8, 4) is 0 Å². The van der Waals surface area contributed by atoms with Crippen LogP contribution in [0.25, 0.3) is 0 Å². The van der Waals surface area contributed by atoms with Crippen LogP contribution in [0.4, 0.5) is 5.13 Å². The van der Waals surface area contributed by atoms with E-state index in [1.807, 2.05) is 5.38 Å². The van der Waals surface area contributed by atoms with Crippen molar-refractivity contribution in [1.82, 2.24) is 20.5 Å². The molecule has 3 aliphatic rings. The van der Waals surface area contributed by atoms with Crippen LogP contribution in [-0.2, 0) is 16.1 Å². The number of carbonyl (C=O) groups is 4. The van der Waals surface area contributed by atoms with E-state index in [4.69, 9.17) is 0 Å². The van der Waals surface area contributed by atoms with E-state index in [0.717, 1.165) is 40.7 Å². The molecule has 31 heavy (non-hydrogen) atoms. The Kier molecular flexibility index (Phi) is 5.03. The monoisotopic (exact) mass is 439 g/mol. The lowest BCUT2D eigenvalue weighted by Gasteiger charge is -2.27. The van der Waals surface area contributed by atoms with Gasteiger partial charge in [-0.15, -0.1) is 11.3 Å². The average molecular weight is 439 g/mol. The van der Waals surface area contributed by atoms with Gasteiger partial charge in [-0.1, -0.05) is 6.07 Å². The smallest absolute Gasteiger partial charge is 0.262 e. The first-order valence-electron chi connectivity index (χ1n) is 10.3. The summed E-state index contributed by atoms with van der Waals surface area (Å²) < 4.78 is 0. The lowest BCUT2D eigenvalue weighted by molar-refractivity contribution is -0.136. The third kappa shape index (κ3) is 3.61. The van der Waals surface area contributed by atoms with Crippen molar-refractivity contribution in [3.05, 3.63) is 46.0 Å². The van der Waals surface area contributed by atoms with E-state index < -0.39 is 23.8 Å². The molecule has 9 nitrogen and oxygen atoms in total. The van der Waals surface area contributed by atoms with Crippen molar-refractivity contribution < 1.29 is 19.2 Å². The summed E-state index contributed by atoms with van der Waals surface area (Å²) in [5.74, 6) is -1.99. The van der Waals surface area contributed by atoms with Crippen molar-refractivity contribution >= 4 is 40.1 Å². The third-order valence-electron chi connectivity index (χ3n) is 5.89. The number of benzene rings is 1. The zero-order chi connectivity index (χ0) is 21.5. The molecule has 2 fully saturated rings. The number of piperidine rings is 1. The van der Waals surface area contributed by atoms with Crippen LogP contribution in [0, 0.1) is 0 Å². The minimum absolute atomic E-state index is 0.102. The molecule has 2 aromatic rings. The summed E-state index contributed by atoms with van der Waals surface area (Å²) in [7, 11) is 0. The second-order valence-corrected chi connectivity index (χ2v) is 8.77. The summed E-state index contributed by atoms with van der Waals surface area (Å²) >= 11 is 1.54. The van der Waals surface area contributed by atoms with E-state index in [1.54, 1.807) is 18.2 Å². The maximum atomic E-state index is 12.9. The highest BCUT2D eigenvalue weighted by Gasteiger charge is 2.44. The second-order valence-electron chi connectivity index (χ2n) is 7.91. The number of aromatic nitrogens is 1. The molecule has 4 heterocycles. The van der Waals surface area contributed by atoms with E-state index in [0.29, 0.717) is 12.6 Å². The van der Waals surface area contributed by atoms with E-state index >= 15 is 0 Å². The normalized spacial score (nSPS) is 23.3. The molecule has 10 heteroatoms. The Morgan fingerprint density at radius 1 is 1.13 bits per heavy atom. The number of carbonyl (C=O) groups excluding carboxylic acids is 4. The SMILES string of the molecule is O=C1CCC(N2C(=O)c3ccc(CNc4nc([C@H]5CCCN5)cs4)cc3C2=O)C(=O)N1. The van der Waals surface area contributed by atoms with Crippen molar-refractivity contribution in [1.29, 1.82) is 0 Å². The zero-order valence-corrected chi connectivity index (χ0v) is 17.5. The van der Waals surface area contributed by atoms with Crippen molar-refractivity contribution in [2.45, 2.75) is 44.3 Å². The molecule has 3 N–H and O–H groups in total. The maximum Gasteiger partial charge on any atom is 0.262 e. The van der Waals surface area contributed by atoms with Gasteiger partial charge in [0.15, 0.2) is 5.13 Å². The topological polar surface area (TPSA) is 120 Å². The van der Waals surface area contributed by atoms with Crippen molar-refractivity contribution in [2.75, 3.05) is 11.9 Å². The number of nitrogens with zero attached hydrogens (tertiary/aromatic N) is 2. The molecule has 2 saturated heterocycles. The number of hydrogen-bond donors (Lipinski definition) is 3. The van der Waals surface area contributed by atoms with E-state index in [9.17, 15) is 19.2 Å². The Labute approximate surface area is 182 Å². The summed E-state index contributed by atoms with van der Waals surface area (Å²) in [6, 6.07) is 4.45. The van der Waals surface area contributed by atoms with Gasteiger partial charge in [-0.3, -0.25) is 29.4 Å². The molecule has 1 aromatic heterocycles. The highest BCUT2D eigenvalue weighted by Crippen LogP contribution is 2.29. The number of hydrogen-bond acceptors (Lipinski definition) is 8. The number of fused-ring (bicyclic) bond motifs is 1. The number of nitrogens with one attached hydrogen (secondary N) is 3. The van der Waals surface area contributed by atoms with Crippen LogP contribution < -0.4 is 16.0 Å². The standard InChI is InChI=1S/C21H21N5O4S/c27-17-6-5-16(18(28)25-17)26-19(29)12-4-3-11(8-13(12)20(26)30)9-23-21-24-15(10-31-21)14-2-1-7-22-14/h3-4,8,10,14,16,22H,1-2,5-7,9H2,(H,23,24)(H,25,27,28)/t14-,16?/m1/s1.